The van der Waals surface area contributed by atoms with Crippen molar-refractivity contribution in [2.24, 2.45) is 5.92 Å². The number of hydrogen-bond acceptors (Lipinski definition) is 3. The molecule has 0 spiro atoms. The Labute approximate surface area is 78.4 Å². The van der Waals surface area contributed by atoms with Crippen molar-refractivity contribution >= 4 is 0 Å². The smallest absolute Gasteiger partial charge is 0.133 e. The highest BCUT2D eigenvalue weighted by Crippen LogP contribution is 2.18. The van der Waals surface area contributed by atoms with Gasteiger partial charge < -0.3 is 9.88 Å². The van der Waals surface area contributed by atoms with E-state index in [1.54, 1.807) is 0 Å². The van der Waals surface area contributed by atoms with E-state index in [0.717, 1.165) is 37.1 Å². The van der Waals surface area contributed by atoms with Gasteiger partial charge in [0.05, 0.1) is 0 Å². The van der Waals surface area contributed by atoms with Crippen LogP contribution in [0.5, 0.6) is 0 Å². The maximum absolute atomic E-state index is 4.14. The second-order valence-electron chi connectivity index (χ2n) is 3.74. The second kappa shape index (κ2) is 3.46. The predicted molar refractivity (Wildman–Crippen MR) is 50.5 cm³/mol. The monoisotopic (exact) mass is 180 g/mol. The van der Waals surface area contributed by atoms with Gasteiger partial charge in [0.15, 0.2) is 0 Å². The summed E-state index contributed by atoms with van der Waals surface area (Å²) in [4.78, 5) is 0. The van der Waals surface area contributed by atoms with Crippen molar-refractivity contribution in [1.82, 2.24) is 20.1 Å². The van der Waals surface area contributed by atoms with Gasteiger partial charge in [0.1, 0.15) is 11.6 Å². The third-order valence-corrected chi connectivity index (χ3v) is 2.72. The maximum atomic E-state index is 4.14. The van der Waals surface area contributed by atoms with Gasteiger partial charge in [-0.15, -0.1) is 10.2 Å². The van der Waals surface area contributed by atoms with Crippen molar-refractivity contribution in [3.05, 3.63) is 11.6 Å². The number of rotatable bonds is 2. The van der Waals surface area contributed by atoms with E-state index in [2.05, 4.69) is 20.1 Å². The second-order valence-corrected chi connectivity index (χ2v) is 3.74. The SMILES string of the molecule is CNC[C@H]1CCc2nnc(C)n2C1. The Morgan fingerprint density at radius 1 is 1.54 bits per heavy atom. The molecular weight excluding hydrogens is 164 g/mol. The number of hydrogen-bond donors (Lipinski definition) is 1. The largest absolute Gasteiger partial charge is 0.319 e. The molecule has 4 heteroatoms. The summed E-state index contributed by atoms with van der Waals surface area (Å²) in [6.45, 7) is 4.20. The molecule has 0 bridgehead atoms. The topological polar surface area (TPSA) is 42.7 Å². The summed E-state index contributed by atoms with van der Waals surface area (Å²) in [5, 5.41) is 11.5. The van der Waals surface area contributed by atoms with Crippen LogP contribution in [0.25, 0.3) is 0 Å². The lowest BCUT2D eigenvalue weighted by Gasteiger charge is -2.23. The third-order valence-electron chi connectivity index (χ3n) is 2.72. The average Bonchev–Trinajstić information content (AvgIpc) is 2.49. The van der Waals surface area contributed by atoms with E-state index >= 15 is 0 Å². The maximum Gasteiger partial charge on any atom is 0.133 e. The van der Waals surface area contributed by atoms with Crippen LogP contribution in [0.2, 0.25) is 0 Å². The Bertz CT molecular complexity index is 292. The Kier molecular flexibility index (Phi) is 2.31. The lowest BCUT2D eigenvalue weighted by molar-refractivity contribution is 0.352. The Balaban J connectivity index is 2.13. The highest BCUT2D eigenvalue weighted by Gasteiger charge is 2.20. The zero-order valence-electron chi connectivity index (χ0n) is 8.25. The fourth-order valence-corrected chi connectivity index (χ4v) is 1.99. The fraction of sp³-hybridized carbons (Fsp3) is 0.778. The third kappa shape index (κ3) is 1.58. The number of fused-ring (bicyclic) bond motifs is 1. The standard InChI is InChI=1S/C9H16N4/c1-7-11-12-9-4-3-8(5-10-2)6-13(7)9/h8,10H,3-6H2,1-2H3/t8-/m1/s1. The van der Waals surface area contributed by atoms with E-state index in [0.29, 0.717) is 0 Å². The first kappa shape index (κ1) is 8.69. The van der Waals surface area contributed by atoms with Crippen LogP contribution in [0.4, 0.5) is 0 Å². The summed E-state index contributed by atoms with van der Waals surface area (Å²) < 4.78 is 2.24. The van der Waals surface area contributed by atoms with Crippen molar-refractivity contribution in [1.29, 1.82) is 0 Å². The Hall–Kier alpha value is -0.900. The molecule has 0 aliphatic carbocycles. The van der Waals surface area contributed by atoms with E-state index in [1.807, 2.05) is 14.0 Å². The van der Waals surface area contributed by atoms with E-state index in [-0.39, 0.29) is 0 Å². The molecule has 1 aromatic rings. The Morgan fingerprint density at radius 3 is 3.15 bits per heavy atom. The summed E-state index contributed by atoms with van der Waals surface area (Å²) >= 11 is 0. The highest BCUT2D eigenvalue weighted by molar-refractivity contribution is 4.98. The molecule has 0 aromatic carbocycles. The minimum absolute atomic E-state index is 0.743. The average molecular weight is 180 g/mol. The van der Waals surface area contributed by atoms with Crippen LogP contribution in [0.3, 0.4) is 0 Å². The van der Waals surface area contributed by atoms with Gasteiger partial charge in [-0.3, -0.25) is 0 Å². The van der Waals surface area contributed by atoms with Crippen LogP contribution in [0.1, 0.15) is 18.1 Å². The normalized spacial score (nSPS) is 21.5. The van der Waals surface area contributed by atoms with E-state index in [4.69, 9.17) is 0 Å². The number of nitrogens with one attached hydrogen (secondary N) is 1. The molecule has 2 rings (SSSR count). The van der Waals surface area contributed by atoms with Gasteiger partial charge in [-0.2, -0.15) is 0 Å². The molecule has 0 saturated carbocycles. The summed E-state index contributed by atoms with van der Waals surface area (Å²) in [6.07, 6.45) is 2.31. The Morgan fingerprint density at radius 2 is 2.38 bits per heavy atom. The summed E-state index contributed by atoms with van der Waals surface area (Å²) in [6, 6.07) is 0. The minimum Gasteiger partial charge on any atom is -0.319 e. The number of nitrogens with zero attached hydrogens (tertiary/aromatic N) is 3. The van der Waals surface area contributed by atoms with Crippen molar-refractivity contribution < 1.29 is 0 Å². The van der Waals surface area contributed by atoms with E-state index < -0.39 is 0 Å². The molecule has 13 heavy (non-hydrogen) atoms. The first-order chi connectivity index (χ1) is 6.31. The van der Waals surface area contributed by atoms with Crippen LogP contribution in [-0.2, 0) is 13.0 Å². The fourth-order valence-electron chi connectivity index (χ4n) is 1.99. The van der Waals surface area contributed by atoms with E-state index in [1.165, 1.54) is 6.42 Å². The molecule has 0 radical (unpaired) electrons. The molecule has 1 atom stereocenters. The van der Waals surface area contributed by atoms with Crippen molar-refractivity contribution in [2.45, 2.75) is 26.3 Å². The quantitative estimate of drug-likeness (QED) is 0.715. The lowest BCUT2D eigenvalue weighted by Crippen LogP contribution is -2.28. The van der Waals surface area contributed by atoms with Crippen LogP contribution < -0.4 is 5.32 Å². The molecule has 1 N–H and O–H groups in total. The first-order valence-electron chi connectivity index (χ1n) is 4.84. The van der Waals surface area contributed by atoms with Gasteiger partial charge in [0, 0.05) is 13.0 Å². The number of aromatic nitrogens is 3. The van der Waals surface area contributed by atoms with Crippen LogP contribution in [-0.4, -0.2) is 28.4 Å². The predicted octanol–water partition coefficient (Wildman–Crippen LogP) is 0.368. The van der Waals surface area contributed by atoms with Crippen molar-refractivity contribution in [3.63, 3.8) is 0 Å². The van der Waals surface area contributed by atoms with Crippen LogP contribution in [0, 0.1) is 12.8 Å². The molecule has 1 aliphatic heterocycles. The van der Waals surface area contributed by atoms with Gasteiger partial charge >= 0.3 is 0 Å². The molecule has 0 fully saturated rings. The highest BCUT2D eigenvalue weighted by atomic mass is 15.3. The van der Waals surface area contributed by atoms with Gasteiger partial charge in [-0.25, -0.2) is 0 Å². The molecule has 0 unspecified atom stereocenters. The van der Waals surface area contributed by atoms with Gasteiger partial charge in [0.25, 0.3) is 0 Å². The summed E-state index contributed by atoms with van der Waals surface area (Å²) in [5.41, 5.74) is 0. The van der Waals surface area contributed by atoms with Crippen LogP contribution in [0.15, 0.2) is 0 Å². The van der Waals surface area contributed by atoms with E-state index in [9.17, 15) is 0 Å². The van der Waals surface area contributed by atoms with Crippen LogP contribution >= 0.6 is 0 Å². The zero-order valence-corrected chi connectivity index (χ0v) is 8.25. The zero-order chi connectivity index (χ0) is 9.26. The molecule has 1 aliphatic rings. The number of aryl methyl sites for hydroxylation is 2. The molecule has 4 nitrogen and oxygen atoms in total. The molecule has 2 heterocycles. The molecular formula is C9H16N4. The summed E-state index contributed by atoms with van der Waals surface area (Å²) in [5.74, 6) is 2.95. The van der Waals surface area contributed by atoms with Crippen molar-refractivity contribution in [2.75, 3.05) is 13.6 Å². The van der Waals surface area contributed by atoms with Crippen molar-refractivity contribution in [3.8, 4) is 0 Å². The van der Waals surface area contributed by atoms with Gasteiger partial charge in [-0.05, 0) is 32.9 Å². The van der Waals surface area contributed by atoms with Gasteiger partial charge in [0.2, 0.25) is 0 Å². The molecule has 0 amide bonds. The first-order valence-corrected chi connectivity index (χ1v) is 4.84. The lowest BCUT2D eigenvalue weighted by atomic mass is 9.99. The summed E-state index contributed by atoms with van der Waals surface area (Å²) in [7, 11) is 2.01. The minimum atomic E-state index is 0.743. The molecule has 72 valence electrons. The molecule has 1 aromatic heterocycles. The van der Waals surface area contributed by atoms with Gasteiger partial charge in [-0.1, -0.05) is 0 Å². The molecule has 0 saturated heterocycles.